The molecule has 168 valence electrons. The Bertz CT molecular complexity index is 1200. The van der Waals surface area contributed by atoms with Crippen LogP contribution in [0.1, 0.15) is 27.4 Å². The van der Waals surface area contributed by atoms with Crippen molar-refractivity contribution in [3.63, 3.8) is 0 Å². The molecule has 0 heterocycles. The van der Waals surface area contributed by atoms with Crippen LogP contribution in [0.15, 0.2) is 78.9 Å². The Labute approximate surface area is 194 Å². The Morgan fingerprint density at radius 2 is 1.55 bits per heavy atom. The highest BCUT2D eigenvalue weighted by atomic mass is 32.2. The largest absolute Gasteiger partial charge is 0.351 e. The van der Waals surface area contributed by atoms with Crippen molar-refractivity contribution in [1.82, 2.24) is 5.32 Å². The number of hydrogen-bond donors (Lipinski definition) is 3. The Hall–Kier alpha value is -3.43. The van der Waals surface area contributed by atoms with E-state index in [1.165, 1.54) is 0 Å². The molecule has 0 spiro atoms. The molecule has 0 aliphatic rings. The SMILES string of the molecule is [B]c1ccc(NC(=O)C(Cc2ccc(C(=O)NCCS(=O)(=O)O)cc2)c2ccccc2)cc1. The second kappa shape index (κ2) is 10.9. The van der Waals surface area contributed by atoms with E-state index in [9.17, 15) is 18.0 Å². The van der Waals surface area contributed by atoms with E-state index in [4.69, 9.17) is 12.4 Å². The number of anilines is 1. The topological polar surface area (TPSA) is 113 Å². The molecule has 0 fully saturated rings. The van der Waals surface area contributed by atoms with Gasteiger partial charge in [-0.25, -0.2) is 0 Å². The van der Waals surface area contributed by atoms with Gasteiger partial charge in [0, 0.05) is 17.8 Å². The molecule has 1 atom stereocenters. The van der Waals surface area contributed by atoms with Crippen LogP contribution in [-0.2, 0) is 21.3 Å². The van der Waals surface area contributed by atoms with Crippen molar-refractivity contribution >= 4 is 40.9 Å². The van der Waals surface area contributed by atoms with Crippen LogP contribution in [0, 0.1) is 0 Å². The van der Waals surface area contributed by atoms with Crippen LogP contribution in [0.4, 0.5) is 5.69 Å². The molecular formula is C24H23BN2O5S. The number of carbonyl (C=O) groups excluding carboxylic acids is 2. The Kier molecular flexibility index (Phi) is 8.03. The first-order valence-electron chi connectivity index (χ1n) is 10.2. The minimum absolute atomic E-state index is 0.169. The number of carbonyl (C=O) groups is 2. The number of nitrogens with one attached hydrogen (secondary N) is 2. The van der Waals surface area contributed by atoms with Gasteiger partial charge in [0.2, 0.25) is 5.91 Å². The van der Waals surface area contributed by atoms with Crippen molar-refractivity contribution in [1.29, 1.82) is 0 Å². The van der Waals surface area contributed by atoms with Gasteiger partial charge in [0.15, 0.2) is 0 Å². The lowest BCUT2D eigenvalue weighted by Gasteiger charge is -2.18. The monoisotopic (exact) mass is 462 g/mol. The van der Waals surface area contributed by atoms with E-state index in [0.717, 1.165) is 11.1 Å². The third-order valence-corrected chi connectivity index (χ3v) is 5.72. The van der Waals surface area contributed by atoms with Crippen molar-refractivity contribution in [2.45, 2.75) is 12.3 Å². The van der Waals surface area contributed by atoms with E-state index >= 15 is 0 Å². The second-order valence-corrected chi connectivity index (χ2v) is 9.09. The van der Waals surface area contributed by atoms with Gasteiger partial charge in [0.1, 0.15) is 7.85 Å². The molecule has 9 heteroatoms. The number of benzene rings is 3. The normalized spacial score (nSPS) is 12.0. The van der Waals surface area contributed by atoms with Gasteiger partial charge >= 0.3 is 0 Å². The van der Waals surface area contributed by atoms with E-state index in [1.54, 1.807) is 48.5 Å². The van der Waals surface area contributed by atoms with Gasteiger partial charge in [-0.15, -0.1) is 0 Å². The Morgan fingerprint density at radius 3 is 2.15 bits per heavy atom. The fourth-order valence-electron chi connectivity index (χ4n) is 3.27. The molecule has 3 aromatic rings. The van der Waals surface area contributed by atoms with E-state index < -0.39 is 27.7 Å². The van der Waals surface area contributed by atoms with Gasteiger partial charge in [-0.1, -0.05) is 60.1 Å². The lowest BCUT2D eigenvalue weighted by Crippen LogP contribution is -2.28. The summed E-state index contributed by atoms with van der Waals surface area (Å²) < 4.78 is 30.3. The predicted molar refractivity (Wildman–Crippen MR) is 129 cm³/mol. The van der Waals surface area contributed by atoms with Crippen molar-refractivity contribution in [3.05, 3.63) is 95.6 Å². The van der Waals surface area contributed by atoms with E-state index in [-0.39, 0.29) is 12.5 Å². The predicted octanol–water partition coefficient (Wildman–Crippen LogP) is 2.06. The lowest BCUT2D eigenvalue weighted by atomic mass is 9.90. The van der Waals surface area contributed by atoms with Gasteiger partial charge in [0.05, 0.1) is 11.7 Å². The van der Waals surface area contributed by atoms with Crippen LogP contribution in [0.3, 0.4) is 0 Å². The van der Waals surface area contributed by atoms with E-state index in [2.05, 4.69) is 10.6 Å². The quantitative estimate of drug-likeness (QED) is 0.333. The standard InChI is InChI=1S/C24H23BN2O5S/c25-20-10-12-21(13-11-20)27-24(29)22(18-4-2-1-3-5-18)16-17-6-8-19(9-7-17)23(28)26-14-15-33(30,31)32/h1-13,22H,14-16H2,(H,26,28)(H,27,29)(H,30,31,32). The maximum atomic E-state index is 13.1. The summed E-state index contributed by atoms with van der Waals surface area (Å²) in [5.41, 5.74) is 3.31. The summed E-state index contributed by atoms with van der Waals surface area (Å²) in [7, 11) is 1.57. The molecule has 2 radical (unpaired) electrons. The highest BCUT2D eigenvalue weighted by molar-refractivity contribution is 7.85. The zero-order chi connectivity index (χ0) is 23.8. The molecule has 0 bridgehead atoms. The molecule has 0 aromatic heterocycles. The minimum Gasteiger partial charge on any atom is -0.351 e. The zero-order valence-corrected chi connectivity index (χ0v) is 18.6. The van der Waals surface area contributed by atoms with Gasteiger partial charge in [-0.05, 0) is 41.8 Å². The smallest absolute Gasteiger partial charge is 0.266 e. The zero-order valence-electron chi connectivity index (χ0n) is 17.8. The fourth-order valence-corrected chi connectivity index (χ4v) is 3.63. The molecule has 0 aliphatic heterocycles. The average molecular weight is 462 g/mol. The van der Waals surface area contributed by atoms with Crippen LogP contribution >= 0.6 is 0 Å². The summed E-state index contributed by atoms with van der Waals surface area (Å²) in [6, 6.07) is 23.1. The summed E-state index contributed by atoms with van der Waals surface area (Å²) in [5, 5.41) is 5.36. The third-order valence-electron chi connectivity index (χ3n) is 5.00. The maximum absolute atomic E-state index is 13.1. The molecular weight excluding hydrogens is 439 g/mol. The molecule has 3 N–H and O–H groups in total. The molecule has 3 rings (SSSR count). The molecule has 0 saturated carbocycles. The van der Waals surface area contributed by atoms with Crippen LogP contribution in [-0.4, -0.2) is 44.9 Å². The molecule has 33 heavy (non-hydrogen) atoms. The number of rotatable bonds is 9. The Balaban J connectivity index is 1.71. The van der Waals surface area contributed by atoms with Crippen molar-refractivity contribution in [2.24, 2.45) is 0 Å². The summed E-state index contributed by atoms with van der Waals surface area (Å²) in [5.74, 6) is -1.64. The first kappa shape index (κ1) is 24.2. The molecule has 1 unspecified atom stereocenters. The second-order valence-electron chi connectivity index (χ2n) is 7.52. The summed E-state index contributed by atoms with van der Waals surface area (Å²) in [6.45, 7) is -0.194. The number of hydrogen-bond acceptors (Lipinski definition) is 4. The van der Waals surface area contributed by atoms with E-state index in [0.29, 0.717) is 23.1 Å². The van der Waals surface area contributed by atoms with E-state index in [1.807, 2.05) is 30.3 Å². The molecule has 3 aromatic carbocycles. The highest BCUT2D eigenvalue weighted by Crippen LogP contribution is 2.23. The van der Waals surface area contributed by atoms with Gasteiger partial charge in [0.25, 0.3) is 16.0 Å². The van der Waals surface area contributed by atoms with Crippen molar-refractivity contribution < 1.29 is 22.6 Å². The van der Waals surface area contributed by atoms with Crippen LogP contribution in [0.5, 0.6) is 0 Å². The molecule has 7 nitrogen and oxygen atoms in total. The van der Waals surface area contributed by atoms with Crippen LogP contribution in [0.25, 0.3) is 0 Å². The molecule has 0 aliphatic carbocycles. The summed E-state index contributed by atoms with van der Waals surface area (Å²) in [6.07, 6.45) is 0.412. The van der Waals surface area contributed by atoms with Crippen LogP contribution < -0.4 is 16.1 Å². The average Bonchev–Trinajstić information content (AvgIpc) is 2.79. The summed E-state index contributed by atoms with van der Waals surface area (Å²) in [4.78, 5) is 25.3. The number of amides is 2. The fraction of sp³-hybridized carbons (Fsp3) is 0.167. The summed E-state index contributed by atoms with van der Waals surface area (Å²) >= 11 is 0. The molecule has 0 saturated heterocycles. The van der Waals surface area contributed by atoms with Gasteiger partial charge in [-0.3, -0.25) is 14.1 Å². The van der Waals surface area contributed by atoms with Crippen LogP contribution in [0.2, 0.25) is 0 Å². The van der Waals surface area contributed by atoms with Crippen molar-refractivity contribution in [2.75, 3.05) is 17.6 Å². The first-order chi connectivity index (χ1) is 15.7. The Morgan fingerprint density at radius 1 is 0.909 bits per heavy atom. The van der Waals surface area contributed by atoms with Gasteiger partial charge < -0.3 is 10.6 Å². The molecule has 2 amide bonds. The maximum Gasteiger partial charge on any atom is 0.266 e. The lowest BCUT2D eigenvalue weighted by molar-refractivity contribution is -0.117. The van der Waals surface area contributed by atoms with Crippen molar-refractivity contribution in [3.8, 4) is 0 Å². The highest BCUT2D eigenvalue weighted by Gasteiger charge is 2.21. The van der Waals surface area contributed by atoms with Gasteiger partial charge in [-0.2, -0.15) is 8.42 Å². The third kappa shape index (κ3) is 7.59. The first-order valence-corrected chi connectivity index (χ1v) is 11.9. The minimum atomic E-state index is -4.14.